The third-order valence-electron chi connectivity index (χ3n) is 7.07. The van der Waals surface area contributed by atoms with E-state index in [2.05, 4.69) is 5.32 Å². The molecule has 0 aliphatic rings. The largest absolute Gasteiger partial charge is 0.494 e. The van der Waals surface area contributed by atoms with E-state index in [0.29, 0.717) is 41.8 Å². The number of nitrogens with one attached hydrogen (secondary N) is 1. The third-order valence-corrected chi connectivity index (χ3v) is 7.07. The van der Waals surface area contributed by atoms with Crippen molar-refractivity contribution in [3.8, 4) is 16.9 Å². The number of benzene rings is 4. The second-order valence-electron chi connectivity index (χ2n) is 9.98. The van der Waals surface area contributed by atoms with Gasteiger partial charge in [-0.2, -0.15) is 0 Å². The van der Waals surface area contributed by atoms with Crippen LogP contribution in [0.3, 0.4) is 0 Å². The second kappa shape index (κ2) is 15.3. The second-order valence-corrected chi connectivity index (χ2v) is 9.98. The zero-order chi connectivity index (χ0) is 30.6. The molecule has 0 radical (unpaired) electrons. The molecule has 3 N–H and O–H groups in total. The predicted octanol–water partition coefficient (Wildman–Crippen LogP) is 5.38. The molecule has 0 fully saturated rings. The summed E-state index contributed by atoms with van der Waals surface area (Å²) in [5.74, 6) is -0.981. The number of carbonyl (C=O) groups is 3. The maximum absolute atomic E-state index is 14.0. The number of aliphatic carboxylic acids is 1. The normalized spacial score (nSPS) is 11.4. The van der Waals surface area contributed by atoms with E-state index in [1.807, 2.05) is 61.5 Å². The number of aliphatic hydroxyl groups excluding tert-OH is 1. The molecule has 2 amide bonds. The smallest absolute Gasteiger partial charge is 0.305 e. The van der Waals surface area contributed by atoms with Gasteiger partial charge in [0.25, 0.3) is 11.8 Å². The van der Waals surface area contributed by atoms with Crippen LogP contribution in [-0.2, 0) is 11.2 Å². The summed E-state index contributed by atoms with van der Waals surface area (Å²) in [5, 5.41) is 22.3. The highest BCUT2D eigenvalue weighted by atomic mass is 16.5. The SMILES string of the molecule is CCOc1cccc(CCN(CCC(=O)O)C(=O)c2ccccc2-c2ccccc2C(=O)NC(CO)c2ccccc2)c1. The zero-order valence-electron chi connectivity index (χ0n) is 24.1. The molecule has 0 bridgehead atoms. The van der Waals surface area contributed by atoms with Crippen LogP contribution in [0.5, 0.6) is 5.75 Å². The summed E-state index contributed by atoms with van der Waals surface area (Å²) in [7, 11) is 0. The van der Waals surface area contributed by atoms with Crippen molar-refractivity contribution >= 4 is 17.8 Å². The summed E-state index contributed by atoms with van der Waals surface area (Å²) in [5.41, 5.74) is 3.55. The Morgan fingerprint density at radius 1 is 0.814 bits per heavy atom. The first kappa shape index (κ1) is 31.0. The van der Waals surface area contributed by atoms with Gasteiger partial charge in [-0.1, -0.05) is 78.9 Å². The van der Waals surface area contributed by atoms with E-state index in [4.69, 9.17) is 4.74 Å². The molecule has 222 valence electrons. The summed E-state index contributed by atoms with van der Waals surface area (Å²) in [6.45, 7) is 2.50. The van der Waals surface area contributed by atoms with Crippen molar-refractivity contribution in [2.45, 2.75) is 25.8 Å². The van der Waals surface area contributed by atoms with Crippen molar-refractivity contribution in [3.63, 3.8) is 0 Å². The lowest BCUT2D eigenvalue weighted by Gasteiger charge is -2.24. The van der Waals surface area contributed by atoms with Gasteiger partial charge in [-0.15, -0.1) is 0 Å². The highest BCUT2D eigenvalue weighted by molar-refractivity contribution is 6.06. The van der Waals surface area contributed by atoms with Gasteiger partial charge in [-0.25, -0.2) is 0 Å². The van der Waals surface area contributed by atoms with Crippen molar-refractivity contribution in [1.29, 1.82) is 0 Å². The number of carboxylic acids is 1. The number of carbonyl (C=O) groups excluding carboxylic acids is 2. The van der Waals surface area contributed by atoms with Crippen LogP contribution in [0.1, 0.15) is 51.2 Å². The summed E-state index contributed by atoms with van der Waals surface area (Å²) >= 11 is 0. The molecule has 1 unspecified atom stereocenters. The van der Waals surface area contributed by atoms with E-state index in [1.54, 1.807) is 53.4 Å². The molecule has 8 nitrogen and oxygen atoms in total. The minimum Gasteiger partial charge on any atom is -0.494 e. The zero-order valence-corrected chi connectivity index (χ0v) is 24.1. The van der Waals surface area contributed by atoms with Crippen LogP contribution in [0.2, 0.25) is 0 Å². The van der Waals surface area contributed by atoms with Crippen LogP contribution in [0.25, 0.3) is 11.1 Å². The Hall–Kier alpha value is -4.95. The third kappa shape index (κ3) is 8.30. The number of hydrogen-bond acceptors (Lipinski definition) is 5. The number of amides is 2. The number of carboxylic acid groups (broad SMARTS) is 1. The molecule has 43 heavy (non-hydrogen) atoms. The van der Waals surface area contributed by atoms with Crippen LogP contribution in [0, 0.1) is 0 Å². The molecule has 4 aromatic carbocycles. The first-order valence-electron chi connectivity index (χ1n) is 14.3. The number of rotatable bonds is 14. The van der Waals surface area contributed by atoms with Crippen LogP contribution < -0.4 is 10.1 Å². The fourth-order valence-corrected chi connectivity index (χ4v) is 4.91. The molecule has 0 saturated heterocycles. The summed E-state index contributed by atoms with van der Waals surface area (Å²) in [6, 6.07) is 30.2. The highest BCUT2D eigenvalue weighted by Crippen LogP contribution is 2.29. The van der Waals surface area contributed by atoms with Crippen LogP contribution in [0.15, 0.2) is 103 Å². The van der Waals surface area contributed by atoms with E-state index in [-0.39, 0.29) is 25.5 Å². The molecule has 0 aromatic heterocycles. The summed E-state index contributed by atoms with van der Waals surface area (Å²) < 4.78 is 5.60. The van der Waals surface area contributed by atoms with Gasteiger partial charge in [-0.05, 0) is 59.9 Å². The highest BCUT2D eigenvalue weighted by Gasteiger charge is 2.23. The van der Waals surface area contributed by atoms with Crippen LogP contribution in [0.4, 0.5) is 0 Å². The molecule has 4 aromatic rings. The molecule has 8 heteroatoms. The van der Waals surface area contributed by atoms with Crippen LogP contribution >= 0.6 is 0 Å². The van der Waals surface area contributed by atoms with Crippen molar-refractivity contribution in [2.75, 3.05) is 26.3 Å². The number of hydrogen-bond donors (Lipinski definition) is 3. The van der Waals surface area contributed by atoms with Crippen molar-refractivity contribution in [3.05, 3.63) is 125 Å². The van der Waals surface area contributed by atoms with E-state index < -0.39 is 17.9 Å². The average Bonchev–Trinajstić information content (AvgIpc) is 3.04. The molecular formula is C35H36N2O6. The van der Waals surface area contributed by atoms with E-state index in [0.717, 1.165) is 16.9 Å². The van der Waals surface area contributed by atoms with Crippen LogP contribution in [-0.4, -0.2) is 59.2 Å². The lowest BCUT2D eigenvalue weighted by molar-refractivity contribution is -0.137. The van der Waals surface area contributed by atoms with Crippen molar-refractivity contribution in [2.24, 2.45) is 0 Å². The summed E-state index contributed by atoms with van der Waals surface area (Å²) in [4.78, 5) is 40.5. The number of nitrogens with zero attached hydrogens (tertiary/aromatic N) is 1. The Balaban J connectivity index is 1.62. The molecule has 4 rings (SSSR count). The monoisotopic (exact) mass is 580 g/mol. The van der Waals surface area contributed by atoms with Gasteiger partial charge in [0.15, 0.2) is 0 Å². The molecule has 0 spiro atoms. The number of ether oxygens (including phenoxy) is 1. The van der Waals surface area contributed by atoms with Gasteiger partial charge in [0, 0.05) is 24.2 Å². The predicted molar refractivity (Wildman–Crippen MR) is 165 cm³/mol. The Morgan fingerprint density at radius 2 is 1.47 bits per heavy atom. The molecular weight excluding hydrogens is 544 g/mol. The Kier molecular flexibility index (Phi) is 11.0. The fraction of sp³-hybridized carbons (Fsp3) is 0.229. The maximum atomic E-state index is 14.0. The summed E-state index contributed by atoms with van der Waals surface area (Å²) in [6.07, 6.45) is 0.309. The average molecular weight is 581 g/mol. The van der Waals surface area contributed by atoms with Gasteiger partial charge in [0.05, 0.1) is 25.7 Å². The molecule has 0 aliphatic heterocycles. The van der Waals surface area contributed by atoms with E-state index >= 15 is 0 Å². The van der Waals surface area contributed by atoms with Gasteiger partial charge < -0.3 is 25.2 Å². The topological polar surface area (TPSA) is 116 Å². The van der Waals surface area contributed by atoms with Crippen molar-refractivity contribution < 1.29 is 29.3 Å². The Labute approximate surface area is 251 Å². The van der Waals surface area contributed by atoms with Crippen molar-refractivity contribution in [1.82, 2.24) is 10.2 Å². The van der Waals surface area contributed by atoms with E-state index in [9.17, 15) is 24.6 Å². The molecule has 0 aliphatic carbocycles. The maximum Gasteiger partial charge on any atom is 0.305 e. The fourth-order valence-electron chi connectivity index (χ4n) is 4.91. The molecule has 1 atom stereocenters. The first-order chi connectivity index (χ1) is 20.9. The Morgan fingerprint density at radius 3 is 2.14 bits per heavy atom. The molecule has 0 heterocycles. The Bertz CT molecular complexity index is 1540. The lowest BCUT2D eigenvalue weighted by atomic mass is 9.94. The van der Waals surface area contributed by atoms with Gasteiger partial charge in [-0.3, -0.25) is 14.4 Å². The first-order valence-corrected chi connectivity index (χ1v) is 14.3. The van der Waals surface area contributed by atoms with Gasteiger partial charge >= 0.3 is 5.97 Å². The standard InChI is InChI=1S/C35H36N2O6/c1-2-43-27-14-10-11-25(23-27)19-21-37(22-20-33(39)40)35(42)31-18-9-7-16-29(31)28-15-6-8-17-30(28)34(41)36-32(24-38)26-12-4-3-5-13-26/h3-18,23,32,38H,2,19-22,24H2,1H3,(H,36,41)(H,39,40). The number of aliphatic hydroxyl groups is 1. The van der Waals surface area contributed by atoms with Gasteiger partial charge in [0.1, 0.15) is 5.75 Å². The lowest BCUT2D eigenvalue weighted by Crippen LogP contribution is -2.35. The quantitative estimate of drug-likeness (QED) is 0.185. The van der Waals surface area contributed by atoms with Gasteiger partial charge in [0.2, 0.25) is 0 Å². The minimum absolute atomic E-state index is 0.0328. The molecule has 0 saturated carbocycles. The minimum atomic E-state index is -0.997. The van der Waals surface area contributed by atoms with E-state index in [1.165, 1.54) is 0 Å².